The maximum absolute atomic E-state index is 11.7. The average molecular weight is 557 g/mol. The molecular weight excluding hydrogens is 519 g/mol. The zero-order chi connectivity index (χ0) is 27.7. The number of aliphatic hydroxyl groups excluding tert-OH is 1. The Morgan fingerprint density at radius 2 is 1.97 bits per heavy atom. The summed E-state index contributed by atoms with van der Waals surface area (Å²) >= 11 is 3.00. The second kappa shape index (κ2) is 14.8. The molecule has 0 amide bonds. The Kier molecular flexibility index (Phi) is 11.8. The van der Waals surface area contributed by atoms with Crippen molar-refractivity contribution in [1.29, 1.82) is 0 Å². The first-order valence-electron chi connectivity index (χ1n) is 13.1. The van der Waals surface area contributed by atoms with Crippen molar-refractivity contribution < 1.29 is 19.8 Å². The third kappa shape index (κ3) is 8.13. The molecule has 1 aliphatic rings. The predicted molar refractivity (Wildman–Crippen MR) is 154 cm³/mol. The van der Waals surface area contributed by atoms with Crippen molar-refractivity contribution >= 4 is 43.0 Å². The fraction of sp³-hybridized carbons (Fsp3) is 0.556. The number of unbranched alkanes of at least 4 members (excludes halogenated alkanes) is 2. The number of aliphatic hydroxyl groups is 1. The summed E-state index contributed by atoms with van der Waals surface area (Å²) in [5, 5.41) is 31.9. The minimum absolute atomic E-state index is 0.0408. The lowest BCUT2D eigenvalue weighted by Gasteiger charge is -2.29. The van der Waals surface area contributed by atoms with Crippen LogP contribution in [0.4, 0.5) is 0 Å². The lowest BCUT2D eigenvalue weighted by atomic mass is 9.90. The number of benzene rings is 1. The van der Waals surface area contributed by atoms with Gasteiger partial charge < -0.3 is 15.1 Å². The highest BCUT2D eigenvalue weighted by molar-refractivity contribution is 8.09. The van der Waals surface area contributed by atoms with Gasteiger partial charge in [-0.3, -0.25) is 9.48 Å². The molecule has 1 aromatic carbocycles. The van der Waals surface area contributed by atoms with Crippen molar-refractivity contribution in [3.63, 3.8) is 0 Å². The number of carboxylic acid groups (broad SMARTS) is 1. The molecule has 0 aliphatic carbocycles. The van der Waals surface area contributed by atoms with Crippen molar-refractivity contribution in [3.8, 4) is 0 Å². The maximum Gasteiger partial charge on any atom is 0.307 e. The van der Waals surface area contributed by atoms with E-state index in [9.17, 15) is 15.0 Å². The Morgan fingerprint density at radius 1 is 1.24 bits per heavy atom. The van der Waals surface area contributed by atoms with Crippen LogP contribution < -0.4 is 0 Å². The lowest BCUT2D eigenvalue weighted by Crippen LogP contribution is -2.21. The molecule has 8 nitrogen and oxygen atoms in total. The number of carboxylic acids is 1. The second-order valence-electron chi connectivity index (χ2n) is 9.63. The van der Waals surface area contributed by atoms with Gasteiger partial charge in [0, 0.05) is 39.0 Å². The zero-order valence-corrected chi connectivity index (χ0v) is 24.3. The molecule has 204 valence electrons. The van der Waals surface area contributed by atoms with Gasteiger partial charge in [0.05, 0.1) is 24.0 Å². The van der Waals surface area contributed by atoms with E-state index in [-0.39, 0.29) is 23.9 Å². The van der Waals surface area contributed by atoms with Gasteiger partial charge in [-0.05, 0) is 56.2 Å². The van der Waals surface area contributed by atoms with Gasteiger partial charge in [-0.2, -0.15) is 0 Å². The van der Waals surface area contributed by atoms with Crippen molar-refractivity contribution in [2.45, 2.75) is 93.7 Å². The van der Waals surface area contributed by atoms with E-state index >= 15 is 0 Å². The molecule has 2 N–H and O–H groups in total. The Hall–Kier alpha value is -2.24. The van der Waals surface area contributed by atoms with Gasteiger partial charge in [0.1, 0.15) is 14.5 Å². The normalized spacial score (nSPS) is 17.7. The summed E-state index contributed by atoms with van der Waals surface area (Å²) in [6, 6.07) is 4.11. The molecule has 1 aromatic heterocycles. The molecule has 0 fully saturated rings. The molecular formula is C27H37BN4O4S2. The summed E-state index contributed by atoms with van der Waals surface area (Å²) < 4.78 is 1.89. The lowest BCUT2D eigenvalue weighted by molar-refractivity contribution is -0.136. The average Bonchev–Trinajstić information content (AvgIpc) is 3.37. The molecule has 2 atom stereocenters. The molecule has 1 aliphatic heterocycles. The molecule has 0 bridgehead atoms. The number of aromatic nitrogens is 3. The maximum atomic E-state index is 11.7. The molecule has 11 heteroatoms. The minimum atomic E-state index is -1.01. The molecule has 2 unspecified atom stereocenters. The minimum Gasteiger partial charge on any atom is -0.481 e. The van der Waals surface area contributed by atoms with Crippen LogP contribution in [0.1, 0.15) is 75.1 Å². The smallest absolute Gasteiger partial charge is 0.307 e. The highest BCUT2D eigenvalue weighted by atomic mass is 32.2. The quantitative estimate of drug-likeness (QED) is 0.137. The molecule has 3 rings (SSSR count). The second-order valence-corrected chi connectivity index (χ2v) is 11.9. The molecule has 0 saturated carbocycles. The number of oxime groups is 1. The summed E-state index contributed by atoms with van der Waals surface area (Å²) in [7, 11) is 6.25. The first-order valence-corrected chi connectivity index (χ1v) is 14.8. The zero-order valence-electron chi connectivity index (χ0n) is 22.6. The Bertz CT molecular complexity index is 1170. The number of carbonyl (C=O) groups is 1. The molecule has 38 heavy (non-hydrogen) atoms. The van der Waals surface area contributed by atoms with E-state index < -0.39 is 5.97 Å². The number of aliphatic carboxylic acids is 1. The van der Waals surface area contributed by atoms with Gasteiger partial charge >= 0.3 is 5.97 Å². The van der Waals surface area contributed by atoms with Gasteiger partial charge in [0.15, 0.2) is 0 Å². The van der Waals surface area contributed by atoms with Crippen LogP contribution in [0.15, 0.2) is 43.8 Å². The Labute approximate surface area is 235 Å². The standard InChI is InChI=1S/C27H37BN4O4S2/c1-5-9-17(2)21-15-32(31-29-21)12-7-6-8-13-36-30-27(28)20(14-23(34)35)26-22(16-33)37-24-18(3)10-11-19(4)25(24)38-26/h10-11,15,17,22,33H,5-9,12-14,16H2,1-4H3,(H,34,35)/b26-20-,30-27-. The van der Waals surface area contributed by atoms with E-state index in [1.54, 1.807) is 0 Å². The monoisotopic (exact) mass is 556 g/mol. The number of hydrogen-bond donors (Lipinski definition) is 2. The van der Waals surface area contributed by atoms with Crippen molar-refractivity contribution in [2.24, 2.45) is 5.16 Å². The first-order chi connectivity index (χ1) is 18.2. The number of thioether (sulfide) groups is 2. The van der Waals surface area contributed by atoms with Crippen LogP contribution in [0.25, 0.3) is 0 Å². The largest absolute Gasteiger partial charge is 0.481 e. The van der Waals surface area contributed by atoms with Crippen LogP contribution in [0.5, 0.6) is 0 Å². The summed E-state index contributed by atoms with van der Waals surface area (Å²) in [6.07, 6.45) is 6.61. The van der Waals surface area contributed by atoms with E-state index in [1.165, 1.54) is 23.5 Å². The first kappa shape index (κ1) is 30.3. The van der Waals surface area contributed by atoms with Crippen LogP contribution >= 0.6 is 23.5 Å². The molecule has 2 aromatic rings. The molecule has 2 heterocycles. The van der Waals surface area contributed by atoms with Crippen LogP contribution in [0.2, 0.25) is 0 Å². The van der Waals surface area contributed by atoms with Gasteiger partial charge in [-0.15, -0.1) is 22.0 Å². The van der Waals surface area contributed by atoms with Crippen molar-refractivity contribution in [2.75, 3.05) is 13.2 Å². The summed E-state index contributed by atoms with van der Waals surface area (Å²) in [5.74, 6) is -0.590. The summed E-state index contributed by atoms with van der Waals surface area (Å²) in [4.78, 5) is 20.0. The van der Waals surface area contributed by atoms with Gasteiger partial charge in [-0.1, -0.05) is 49.4 Å². The van der Waals surface area contributed by atoms with Gasteiger partial charge in [-0.25, -0.2) is 0 Å². The molecule has 2 radical (unpaired) electrons. The van der Waals surface area contributed by atoms with E-state index in [2.05, 4.69) is 35.4 Å². The number of hydrogen-bond acceptors (Lipinski definition) is 8. The van der Waals surface area contributed by atoms with Crippen LogP contribution in [0.3, 0.4) is 0 Å². The van der Waals surface area contributed by atoms with Gasteiger partial charge in [0.2, 0.25) is 0 Å². The molecule has 0 spiro atoms. The van der Waals surface area contributed by atoms with E-state index in [0.717, 1.165) is 65.3 Å². The third-order valence-corrected chi connectivity index (χ3v) is 9.63. The molecule has 0 saturated heterocycles. The SMILES string of the molecule is [B]C(=N\OCCCCCn1cc(C(C)CCC)nn1)/C(CC(=O)O)=C1\Sc2c(C)ccc(C)c2SC1CO. The van der Waals surface area contributed by atoms with Gasteiger partial charge in [0.25, 0.3) is 0 Å². The predicted octanol–water partition coefficient (Wildman–Crippen LogP) is 5.46. The highest BCUT2D eigenvalue weighted by Crippen LogP contribution is 2.51. The Morgan fingerprint density at radius 3 is 2.66 bits per heavy atom. The van der Waals surface area contributed by atoms with E-state index in [1.807, 2.05) is 30.8 Å². The van der Waals surface area contributed by atoms with E-state index in [4.69, 9.17) is 12.7 Å². The number of fused-ring (bicyclic) bond motifs is 1. The Balaban J connectivity index is 1.59. The highest BCUT2D eigenvalue weighted by Gasteiger charge is 2.30. The van der Waals surface area contributed by atoms with E-state index in [0.29, 0.717) is 23.0 Å². The fourth-order valence-electron chi connectivity index (χ4n) is 4.25. The number of nitrogens with zero attached hydrogens (tertiary/aromatic N) is 4. The van der Waals surface area contributed by atoms with Crippen molar-refractivity contribution in [1.82, 2.24) is 15.0 Å². The van der Waals surface area contributed by atoms with Crippen LogP contribution in [-0.2, 0) is 16.2 Å². The van der Waals surface area contributed by atoms with Crippen LogP contribution in [-0.4, -0.2) is 63.1 Å². The van der Waals surface area contributed by atoms with Crippen LogP contribution in [0, 0.1) is 13.8 Å². The summed E-state index contributed by atoms with van der Waals surface area (Å²) in [5.41, 5.74) is 3.69. The summed E-state index contributed by atoms with van der Waals surface area (Å²) in [6.45, 7) is 9.44. The number of rotatable bonds is 14. The fourth-order valence-corrected chi connectivity index (χ4v) is 7.15. The topological polar surface area (TPSA) is 110 Å². The number of aryl methyl sites for hydroxylation is 3. The van der Waals surface area contributed by atoms with Crippen molar-refractivity contribution in [3.05, 3.63) is 45.6 Å². The third-order valence-electron chi connectivity index (χ3n) is 6.44.